The fourth-order valence-electron chi connectivity index (χ4n) is 9.06. The molecular formula is C29H31NO3. The Balaban J connectivity index is 1.24. The summed E-state index contributed by atoms with van der Waals surface area (Å²) in [5.41, 5.74) is 3.40. The smallest absolute Gasteiger partial charge is 0.0975 e. The molecule has 2 N–H and O–H groups in total. The molecular weight excluding hydrogens is 410 g/mol. The van der Waals surface area contributed by atoms with Crippen LogP contribution in [0.5, 0.6) is 0 Å². The third kappa shape index (κ3) is 2.26. The van der Waals surface area contributed by atoms with Crippen LogP contribution in [0.15, 0.2) is 60.0 Å². The van der Waals surface area contributed by atoms with Crippen molar-refractivity contribution in [2.45, 2.75) is 74.8 Å². The molecule has 170 valence electrons. The summed E-state index contributed by atoms with van der Waals surface area (Å²) in [7, 11) is 0. The number of aromatic nitrogens is 1. The molecule has 3 saturated carbocycles. The molecule has 0 amide bonds. The highest BCUT2D eigenvalue weighted by molar-refractivity contribution is 5.82. The third-order valence-corrected chi connectivity index (χ3v) is 10.6. The summed E-state index contributed by atoms with van der Waals surface area (Å²) in [6, 6.07) is 8.66. The molecule has 4 nitrogen and oxygen atoms in total. The first-order chi connectivity index (χ1) is 15.9. The lowest BCUT2D eigenvalue weighted by Crippen LogP contribution is -2.54. The topological polar surface area (TPSA) is 62.6 Å². The highest BCUT2D eigenvalue weighted by Gasteiger charge is 2.71. The van der Waals surface area contributed by atoms with Gasteiger partial charge >= 0.3 is 0 Å². The van der Waals surface area contributed by atoms with Gasteiger partial charge in [-0.05, 0) is 83.6 Å². The summed E-state index contributed by atoms with van der Waals surface area (Å²) in [5, 5.41) is 24.6. The number of hydrogen-bond acceptors (Lipinski definition) is 4. The van der Waals surface area contributed by atoms with E-state index in [2.05, 4.69) is 42.3 Å². The van der Waals surface area contributed by atoms with Crippen LogP contribution in [-0.2, 0) is 4.74 Å². The van der Waals surface area contributed by atoms with Crippen molar-refractivity contribution >= 4 is 10.8 Å². The van der Waals surface area contributed by atoms with Gasteiger partial charge in [0.15, 0.2) is 0 Å². The van der Waals surface area contributed by atoms with Gasteiger partial charge in [0.25, 0.3) is 0 Å². The maximum atomic E-state index is 11.5. The molecule has 1 aromatic carbocycles. The van der Waals surface area contributed by atoms with Gasteiger partial charge in [0.2, 0.25) is 0 Å². The van der Waals surface area contributed by atoms with Crippen LogP contribution in [0.25, 0.3) is 10.8 Å². The summed E-state index contributed by atoms with van der Waals surface area (Å²) in [5.74, 6) is 1.33. The maximum absolute atomic E-state index is 11.5. The molecule has 2 aromatic rings. The highest BCUT2D eigenvalue weighted by Crippen LogP contribution is 2.71. The predicted octanol–water partition coefficient (Wildman–Crippen LogP) is 4.66. The predicted molar refractivity (Wildman–Crippen MR) is 125 cm³/mol. The third-order valence-electron chi connectivity index (χ3n) is 10.6. The first kappa shape index (κ1) is 19.3. The van der Waals surface area contributed by atoms with Crippen LogP contribution in [0.2, 0.25) is 0 Å². The van der Waals surface area contributed by atoms with E-state index in [1.807, 2.05) is 18.5 Å². The van der Waals surface area contributed by atoms with Crippen molar-refractivity contribution in [3.8, 4) is 0 Å². The van der Waals surface area contributed by atoms with Gasteiger partial charge in [0, 0.05) is 36.0 Å². The molecule has 2 bridgehead atoms. The molecule has 4 heteroatoms. The first-order valence-corrected chi connectivity index (χ1v) is 12.8. The molecule has 2 unspecified atom stereocenters. The van der Waals surface area contributed by atoms with Crippen LogP contribution in [0.1, 0.15) is 56.9 Å². The van der Waals surface area contributed by atoms with Gasteiger partial charge in [-0.1, -0.05) is 31.2 Å². The summed E-state index contributed by atoms with van der Waals surface area (Å²) in [6.45, 7) is 2.38. The number of benzene rings is 1. The van der Waals surface area contributed by atoms with E-state index in [0.717, 1.165) is 43.9 Å². The SMILES string of the molecule is C[C@]12CC=C3C=C4[C@H]5C[C@H]5[C@@H](O)C[C@]45CCC3(O5)[C@@H]1C[C@@H](O)C2c1ccc2ccncc2c1. The van der Waals surface area contributed by atoms with Crippen molar-refractivity contribution < 1.29 is 14.9 Å². The van der Waals surface area contributed by atoms with Gasteiger partial charge in [-0.25, -0.2) is 0 Å². The normalized spacial score (nSPS) is 48.9. The monoisotopic (exact) mass is 441 g/mol. The van der Waals surface area contributed by atoms with Gasteiger partial charge < -0.3 is 14.9 Å². The van der Waals surface area contributed by atoms with Crippen molar-refractivity contribution in [3.63, 3.8) is 0 Å². The summed E-state index contributed by atoms with van der Waals surface area (Å²) in [4.78, 5) is 4.32. The molecule has 1 aromatic heterocycles. The van der Waals surface area contributed by atoms with Crippen molar-refractivity contribution in [1.82, 2.24) is 4.98 Å². The second-order valence-electron chi connectivity index (χ2n) is 12.0. The van der Waals surface area contributed by atoms with E-state index in [0.29, 0.717) is 11.8 Å². The van der Waals surface area contributed by atoms with Crippen LogP contribution < -0.4 is 0 Å². The molecule has 4 fully saturated rings. The molecule has 9 atom stereocenters. The number of pyridine rings is 1. The number of nitrogens with zero attached hydrogens (tertiary/aromatic N) is 1. The molecule has 2 aliphatic heterocycles. The summed E-state index contributed by atoms with van der Waals surface area (Å²) >= 11 is 0. The Bertz CT molecular complexity index is 1270. The number of aliphatic hydroxyl groups is 2. The largest absolute Gasteiger partial charge is 0.393 e. The standard InChI is InChI=1S/C29H31NO3/c1-27-6-4-19-11-22-20-12-21(20)24(32)14-28(22)7-8-29(19,33-28)25(27)13-23(31)26(27)17-3-2-16-5-9-30-15-18(16)10-17/h2-5,9-11,15,20-21,23-26,31-32H,6-8,12-14H2,1H3/t20-,21+,23+,24-,25+,26?,27-,28+,29?/m0/s1. The number of rotatable bonds is 1. The number of ether oxygens (including phenoxy) is 1. The average molecular weight is 442 g/mol. The van der Waals surface area contributed by atoms with Gasteiger partial charge in [-0.3, -0.25) is 4.98 Å². The van der Waals surface area contributed by atoms with Crippen molar-refractivity contribution in [2.75, 3.05) is 0 Å². The fraction of sp³-hybridized carbons (Fsp3) is 0.552. The fourth-order valence-corrected chi connectivity index (χ4v) is 9.06. The number of allylic oxidation sites excluding steroid dienone is 1. The second kappa shape index (κ2) is 5.97. The van der Waals surface area contributed by atoms with E-state index in [-0.39, 0.29) is 40.7 Å². The number of fused-ring (bicyclic) bond motifs is 4. The van der Waals surface area contributed by atoms with E-state index in [1.54, 1.807) is 0 Å². The quantitative estimate of drug-likeness (QED) is 0.675. The van der Waals surface area contributed by atoms with Crippen LogP contribution in [0.4, 0.5) is 0 Å². The average Bonchev–Trinajstić information content (AvgIpc) is 3.49. The lowest BCUT2D eigenvalue weighted by Gasteiger charge is -2.54. The Kier molecular flexibility index (Phi) is 3.49. The zero-order valence-corrected chi connectivity index (χ0v) is 19.1. The van der Waals surface area contributed by atoms with Crippen molar-refractivity contribution in [3.05, 3.63) is 65.5 Å². The van der Waals surface area contributed by atoms with Crippen LogP contribution in [0, 0.1) is 23.2 Å². The maximum Gasteiger partial charge on any atom is 0.0975 e. The Morgan fingerprint density at radius 3 is 2.88 bits per heavy atom. The van der Waals surface area contributed by atoms with Crippen molar-refractivity contribution in [1.29, 1.82) is 0 Å². The zero-order valence-electron chi connectivity index (χ0n) is 19.1. The first-order valence-electron chi connectivity index (χ1n) is 12.8. The van der Waals surface area contributed by atoms with Gasteiger partial charge in [-0.2, -0.15) is 0 Å². The molecule has 1 saturated heterocycles. The minimum Gasteiger partial charge on any atom is -0.393 e. The lowest BCUT2D eigenvalue weighted by molar-refractivity contribution is -0.145. The van der Waals surface area contributed by atoms with Gasteiger partial charge in [0.1, 0.15) is 0 Å². The molecule has 8 rings (SSSR count). The van der Waals surface area contributed by atoms with Crippen LogP contribution in [-0.4, -0.2) is 38.6 Å². The van der Waals surface area contributed by atoms with Crippen molar-refractivity contribution in [2.24, 2.45) is 23.2 Å². The summed E-state index contributed by atoms with van der Waals surface area (Å²) < 4.78 is 7.21. The minimum atomic E-state index is -0.383. The molecule has 3 heterocycles. The Morgan fingerprint density at radius 1 is 1.06 bits per heavy atom. The molecule has 6 aliphatic rings. The lowest BCUT2D eigenvalue weighted by atomic mass is 9.58. The molecule has 4 aliphatic carbocycles. The second-order valence-corrected chi connectivity index (χ2v) is 12.0. The van der Waals surface area contributed by atoms with Crippen LogP contribution >= 0.6 is 0 Å². The molecule has 33 heavy (non-hydrogen) atoms. The van der Waals surface area contributed by atoms with Crippen LogP contribution in [0.3, 0.4) is 0 Å². The Morgan fingerprint density at radius 2 is 1.97 bits per heavy atom. The number of hydrogen-bond donors (Lipinski definition) is 2. The summed E-state index contributed by atoms with van der Waals surface area (Å²) in [6.07, 6.45) is 13.7. The molecule has 2 spiro atoms. The van der Waals surface area contributed by atoms with E-state index >= 15 is 0 Å². The highest BCUT2D eigenvalue weighted by atomic mass is 16.5. The Labute approximate surface area is 194 Å². The van der Waals surface area contributed by atoms with Gasteiger partial charge in [0.05, 0.1) is 23.4 Å². The van der Waals surface area contributed by atoms with E-state index < -0.39 is 0 Å². The van der Waals surface area contributed by atoms with E-state index in [4.69, 9.17) is 4.74 Å². The van der Waals surface area contributed by atoms with E-state index in [9.17, 15) is 10.2 Å². The Hall–Kier alpha value is -2.01. The zero-order chi connectivity index (χ0) is 22.2. The number of aliphatic hydroxyl groups excluding tert-OH is 2. The molecule has 0 radical (unpaired) electrons. The van der Waals surface area contributed by atoms with E-state index in [1.165, 1.54) is 22.1 Å². The minimum absolute atomic E-state index is 0.0644. The van der Waals surface area contributed by atoms with Gasteiger partial charge in [-0.15, -0.1) is 0 Å².